The van der Waals surface area contributed by atoms with Gasteiger partial charge in [0.2, 0.25) is 5.91 Å². The van der Waals surface area contributed by atoms with Crippen molar-refractivity contribution < 1.29 is 4.79 Å². The van der Waals surface area contributed by atoms with E-state index in [1.807, 2.05) is 42.7 Å². The summed E-state index contributed by atoms with van der Waals surface area (Å²) in [6.07, 6.45) is 2.52. The third-order valence-corrected chi connectivity index (χ3v) is 6.19. The number of nitrogens with zero attached hydrogens (tertiary/aromatic N) is 1. The number of thiazole rings is 1. The molecule has 3 aromatic rings. The van der Waals surface area contributed by atoms with Crippen LogP contribution < -0.4 is 5.32 Å². The van der Waals surface area contributed by atoms with Crippen LogP contribution in [0.5, 0.6) is 0 Å². The van der Waals surface area contributed by atoms with Crippen molar-refractivity contribution in [1.29, 1.82) is 0 Å². The number of thioether (sulfide) groups is 2. The maximum Gasteiger partial charge on any atom is 0.225 e. The first-order valence-corrected chi connectivity index (χ1v) is 10.2. The van der Waals surface area contributed by atoms with Crippen molar-refractivity contribution in [2.24, 2.45) is 0 Å². The van der Waals surface area contributed by atoms with E-state index in [-0.39, 0.29) is 5.91 Å². The Hall–Kier alpha value is -1.50. The molecule has 0 atom stereocenters. The van der Waals surface area contributed by atoms with E-state index in [4.69, 9.17) is 0 Å². The molecule has 6 heteroatoms. The number of hydrogen-bond donors (Lipinski definition) is 1. The summed E-state index contributed by atoms with van der Waals surface area (Å²) in [6.45, 7) is 0. The van der Waals surface area contributed by atoms with Gasteiger partial charge in [-0.25, -0.2) is 4.98 Å². The molecule has 0 fully saturated rings. The molecule has 0 bridgehead atoms. The molecule has 0 unspecified atom stereocenters. The van der Waals surface area contributed by atoms with Crippen LogP contribution in [-0.2, 0) is 4.79 Å². The molecule has 118 valence electrons. The number of carbonyl (C=O) groups is 1. The first-order valence-electron chi connectivity index (χ1n) is 7.17. The molecule has 1 aromatic heterocycles. The quantitative estimate of drug-likeness (QED) is 0.618. The highest BCUT2D eigenvalue weighted by Gasteiger charge is 2.07. The van der Waals surface area contributed by atoms with Crippen LogP contribution in [0.25, 0.3) is 10.2 Å². The summed E-state index contributed by atoms with van der Waals surface area (Å²) in [7, 11) is 0. The molecule has 23 heavy (non-hydrogen) atoms. The Morgan fingerprint density at radius 2 is 2.04 bits per heavy atom. The maximum atomic E-state index is 12.1. The number of rotatable bonds is 6. The van der Waals surface area contributed by atoms with Crippen LogP contribution in [0.1, 0.15) is 6.42 Å². The Morgan fingerprint density at radius 3 is 2.83 bits per heavy atom. The number of nitrogens with one attached hydrogen (secondary N) is 1. The highest BCUT2D eigenvalue weighted by atomic mass is 32.2. The molecule has 2 aromatic carbocycles. The molecule has 3 nitrogen and oxygen atoms in total. The summed E-state index contributed by atoms with van der Waals surface area (Å²) in [5.74, 6) is 0.817. The topological polar surface area (TPSA) is 42.0 Å². The van der Waals surface area contributed by atoms with Gasteiger partial charge in [-0.15, -0.1) is 23.1 Å². The summed E-state index contributed by atoms with van der Waals surface area (Å²) in [5, 5.41) is 2.97. The Kier molecular flexibility index (Phi) is 5.59. The summed E-state index contributed by atoms with van der Waals surface area (Å²) in [6, 6.07) is 16.0. The summed E-state index contributed by atoms with van der Waals surface area (Å²) >= 11 is 4.99. The van der Waals surface area contributed by atoms with Crippen LogP contribution in [0.4, 0.5) is 5.69 Å². The number of benzene rings is 2. The third kappa shape index (κ3) is 4.50. The number of carbonyl (C=O) groups excluding carboxylic acids is 1. The second kappa shape index (κ2) is 7.86. The third-order valence-electron chi connectivity index (χ3n) is 3.17. The van der Waals surface area contributed by atoms with Gasteiger partial charge in [0.05, 0.1) is 10.2 Å². The molecule has 0 radical (unpaired) electrons. The monoisotopic (exact) mass is 360 g/mol. The van der Waals surface area contributed by atoms with E-state index in [9.17, 15) is 4.79 Å². The van der Waals surface area contributed by atoms with Crippen LogP contribution in [0, 0.1) is 0 Å². The van der Waals surface area contributed by atoms with Crippen LogP contribution in [0.2, 0.25) is 0 Å². The molecule has 1 amide bonds. The van der Waals surface area contributed by atoms with E-state index >= 15 is 0 Å². The predicted molar refractivity (Wildman–Crippen MR) is 102 cm³/mol. The zero-order chi connectivity index (χ0) is 16.1. The van der Waals surface area contributed by atoms with Crippen molar-refractivity contribution >= 4 is 56.7 Å². The van der Waals surface area contributed by atoms with Crippen molar-refractivity contribution in [3.05, 3.63) is 48.5 Å². The second-order valence-corrected chi connectivity index (χ2v) is 8.08. The standard InChI is InChI=1S/C17H16N2OS3/c1-21-17-19-14-8-7-12(11-15(14)23-17)18-16(20)9-10-22-13-5-3-2-4-6-13/h2-8,11H,9-10H2,1H3,(H,18,20). The van der Waals surface area contributed by atoms with Crippen molar-refractivity contribution in [3.63, 3.8) is 0 Å². The molecule has 0 aliphatic rings. The average Bonchev–Trinajstić information content (AvgIpc) is 2.98. The Labute approximate surface area is 147 Å². The number of aromatic nitrogens is 1. The lowest BCUT2D eigenvalue weighted by Crippen LogP contribution is -2.11. The van der Waals surface area contributed by atoms with Crippen molar-refractivity contribution in [2.75, 3.05) is 17.3 Å². The molecule has 1 heterocycles. The van der Waals surface area contributed by atoms with Gasteiger partial charge in [-0.2, -0.15) is 0 Å². The normalized spacial score (nSPS) is 10.8. The SMILES string of the molecule is CSc1nc2ccc(NC(=O)CCSc3ccccc3)cc2s1. The van der Waals surface area contributed by atoms with Gasteiger partial charge in [0, 0.05) is 22.8 Å². The van der Waals surface area contributed by atoms with Crippen molar-refractivity contribution in [2.45, 2.75) is 15.7 Å². The molecule has 3 rings (SSSR count). The van der Waals surface area contributed by atoms with Gasteiger partial charge in [-0.3, -0.25) is 4.79 Å². The summed E-state index contributed by atoms with van der Waals surface area (Å²) in [5.41, 5.74) is 1.82. The molecular formula is C17H16N2OS3. The number of fused-ring (bicyclic) bond motifs is 1. The van der Waals surface area contributed by atoms with Crippen LogP contribution in [0.3, 0.4) is 0 Å². The minimum absolute atomic E-state index is 0.0439. The van der Waals surface area contributed by atoms with Crippen LogP contribution >= 0.6 is 34.9 Å². The van der Waals surface area contributed by atoms with Gasteiger partial charge < -0.3 is 5.32 Å². The Balaban J connectivity index is 1.55. The molecule has 0 saturated carbocycles. The van der Waals surface area contributed by atoms with Gasteiger partial charge in [-0.1, -0.05) is 30.0 Å². The van der Waals surface area contributed by atoms with E-state index in [0.717, 1.165) is 26.0 Å². The fourth-order valence-electron chi connectivity index (χ4n) is 2.07. The fraction of sp³-hybridized carbons (Fsp3) is 0.176. The predicted octanol–water partition coefficient (Wildman–Crippen LogP) is 5.14. The number of anilines is 1. The minimum atomic E-state index is 0.0439. The Morgan fingerprint density at radius 1 is 1.22 bits per heavy atom. The molecule has 0 aliphatic heterocycles. The summed E-state index contributed by atoms with van der Waals surface area (Å²) < 4.78 is 2.15. The van der Waals surface area contributed by atoms with E-state index in [0.29, 0.717) is 6.42 Å². The van der Waals surface area contributed by atoms with Crippen LogP contribution in [0.15, 0.2) is 57.8 Å². The largest absolute Gasteiger partial charge is 0.326 e. The molecule has 0 saturated heterocycles. The minimum Gasteiger partial charge on any atom is -0.326 e. The van der Waals surface area contributed by atoms with Gasteiger partial charge in [0.25, 0.3) is 0 Å². The van der Waals surface area contributed by atoms with Crippen LogP contribution in [-0.4, -0.2) is 22.9 Å². The fourth-order valence-corrected chi connectivity index (χ4v) is 4.47. The highest BCUT2D eigenvalue weighted by Crippen LogP contribution is 2.30. The lowest BCUT2D eigenvalue weighted by molar-refractivity contribution is -0.115. The molecule has 0 aliphatic carbocycles. The van der Waals surface area contributed by atoms with Gasteiger partial charge in [0.15, 0.2) is 4.34 Å². The van der Waals surface area contributed by atoms with Crippen molar-refractivity contribution in [1.82, 2.24) is 4.98 Å². The second-order valence-electron chi connectivity index (χ2n) is 4.83. The maximum absolute atomic E-state index is 12.1. The van der Waals surface area contributed by atoms with E-state index < -0.39 is 0 Å². The molecule has 0 spiro atoms. The van der Waals surface area contributed by atoms with Gasteiger partial charge >= 0.3 is 0 Å². The zero-order valence-electron chi connectivity index (χ0n) is 12.6. The Bertz CT molecular complexity index is 802. The lowest BCUT2D eigenvalue weighted by atomic mass is 10.3. The zero-order valence-corrected chi connectivity index (χ0v) is 15.1. The van der Waals surface area contributed by atoms with E-state index in [1.54, 1.807) is 34.9 Å². The first kappa shape index (κ1) is 16.4. The highest BCUT2D eigenvalue weighted by molar-refractivity contribution is 8.00. The first-order chi connectivity index (χ1) is 11.2. The van der Waals surface area contributed by atoms with Crippen molar-refractivity contribution in [3.8, 4) is 0 Å². The van der Waals surface area contributed by atoms with E-state index in [1.165, 1.54) is 4.90 Å². The van der Waals surface area contributed by atoms with Gasteiger partial charge in [0.1, 0.15) is 0 Å². The molecule has 1 N–H and O–H groups in total. The molecular weight excluding hydrogens is 344 g/mol. The smallest absolute Gasteiger partial charge is 0.225 e. The lowest BCUT2D eigenvalue weighted by Gasteiger charge is -2.05. The number of amides is 1. The summed E-state index contributed by atoms with van der Waals surface area (Å²) in [4.78, 5) is 17.8. The van der Waals surface area contributed by atoms with E-state index in [2.05, 4.69) is 22.4 Å². The number of hydrogen-bond acceptors (Lipinski definition) is 5. The average molecular weight is 361 g/mol. The van der Waals surface area contributed by atoms with Gasteiger partial charge in [-0.05, 0) is 36.6 Å².